The number of anilines is 2. The van der Waals surface area contributed by atoms with Crippen molar-refractivity contribution >= 4 is 34.2 Å². The van der Waals surface area contributed by atoms with Crippen LogP contribution in [0.3, 0.4) is 0 Å². The molecule has 0 saturated carbocycles. The zero-order valence-electron chi connectivity index (χ0n) is 9.13. The van der Waals surface area contributed by atoms with Crippen LogP contribution in [0.15, 0.2) is 18.2 Å². The Kier molecular flexibility index (Phi) is 3.86. The molecule has 1 aliphatic rings. The van der Waals surface area contributed by atoms with Gasteiger partial charge >= 0.3 is 0 Å². The maximum atomic E-state index is 13.9. The van der Waals surface area contributed by atoms with Gasteiger partial charge in [0.1, 0.15) is 5.82 Å². The molecule has 0 bridgehead atoms. The van der Waals surface area contributed by atoms with E-state index in [4.69, 9.17) is 0 Å². The lowest BCUT2D eigenvalue weighted by molar-refractivity contribution is 0.491. The summed E-state index contributed by atoms with van der Waals surface area (Å²) >= 11 is 2.00. The Morgan fingerprint density at radius 1 is 1.56 bits per heavy atom. The Hall–Kier alpha value is -0.560. The standard InChI is InChI=1S/C11H15FIN3/c1-8-7-14-4-5-16(8)11-3-2-9(15-13)6-10(11)12/h2-3,6,8,14-15H,4-5,7H2,1H3. The first-order valence-corrected chi connectivity index (χ1v) is 6.44. The Morgan fingerprint density at radius 3 is 3.00 bits per heavy atom. The van der Waals surface area contributed by atoms with Crippen molar-refractivity contribution in [3.05, 3.63) is 24.0 Å². The molecule has 1 heterocycles. The minimum Gasteiger partial charge on any atom is -0.364 e. The molecule has 88 valence electrons. The minimum atomic E-state index is -0.157. The summed E-state index contributed by atoms with van der Waals surface area (Å²) < 4.78 is 16.8. The van der Waals surface area contributed by atoms with Gasteiger partial charge in [0.25, 0.3) is 0 Å². The summed E-state index contributed by atoms with van der Waals surface area (Å²) in [7, 11) is 0. The van der Waals surface area contributed by atoms with Crippen molar-refractivity contribution in [3.63, 3.8) is 0 Å². The predicted molar refractivity (Wildman–Crippen MR) is 73.7 cm³/mol. The summed E-state index contributed by atoms with van der Waals surface area (Å²) in [4.78, 5) is 2.11. The lowest BCUT2D eigenvalue weighted by atomic mass is 10.1. The van der Waals surface area contributed by atoms with Crippen molar-refractivity contribution in [2.24, 2.45) is 0 Å². The molecule has 3 nitrogen and oxygen atoms in total. The first-order valence-electron chi connectivity index (χ1n) is 5.36. The normalized spacial score (nSPS) is 20.9. The van der Waals surface area contributed by atoms with Crippen LogP contribution in [0.25, 0.3) is 0 Å². The summed E-state index contributed by atoms with van der Waals surface area (Å²) in [6, 6.07) is 5.62. The number of hydrogen-bond donors (Lipinski definition) is 2. The number of benzene rings is 1. The van der Waals surface area contributed by atoms with Gasteiger partial charge in [0, 0.05) is 31.4 Å². The summed E-state index contributed by atoms with van der Waals surface area (Å²) in [5.41, 5.74) is 1.49. The van der Waals surface area contributed by atoms with E-state index < -0.39 is 0 Å². The van der Waals surface area contributed by atoms with Crippen LogP contribution in [0.5, 0.6) is 0 Å². The molecule has 1 fully saturated rings. The highest BCUT2D eigenvalue weighted by molar-refractivity contribution is 14.1. The van der Waals surface area contributed by atoms with Crippen molar-refractivity contribution in [1.29, 1.82) is 0 Å². The van der Waals surface area contributed by atoms with Crippen LogP contribution in [-0.2, 0) is 0 Å². The fourth-order valence-electron chi connectivity index (χ4n) is 2.00. The quantitative estimate of drug-likeness (QED) is 0.642. The van der Waals surface area contributed by atoms with E-state index in [-0.39, 0.29) is 5.82 Å². The first kappa shape index (κ1) is 11.9. The number of halogens is 2. The Bertz CT molecular complexity index is 372. The van der Waals surface area contributed by atoms with Gasteiger partial charge in [-0.2, -0.15) is 0 Å². The van der Waals surface area contributed by atoms with Gasteiger partial charge in [0.15, 0.2) is 0 Å². The van der Waals surface area contributed by atoms with Crippen molar-refractivity contribution < 1.29 is 4.39 Å². The molecule has 0 aromatic heterocycles. The van der Waals surface area contributed by atoms with Gasteiger partial charge in [0.2, 0.25) is 0 Å². The number of piperazine rings is 1. The van der Waals surface area contributed by atoms with Crippen LogP contribution >= 0.6 is 22.9 Å². The Balaban J connectivity index is 2.25. The van der Waals surface area contributed by atoms with E-state index in [9.17, 15) is 4.39 Å². The second-order valence-electron chi connectivity index (χ2n) is 4.01. The lowest BCUT2D eigenvalue weighted by Crippen LogP contribution is -2.50. The van der Waals surface area contributed by atoms with E-state index in [0.717, 1.165) is 25.3 Å². The van der Waals surface area contributed by atoms with Gasteiger partial charge < -0.3 is 13.7 Å². The Labute approximate surface area is 109 Å². The highest BCUT2D eigenvalue weighted by atomic mass is 127. The van der Waals surface area contributed by atoms with E-state index in [1.165, 1.54) is 6.07 Å². The third-order valence-electron chi connectivity index (χ3n) is 2.87. The molecule has 0 spiro atoms. The lowest BCUT2D eigenvalue weighted by Gasteiger charge is -2.36. The van der Waals surface area contributed by atoms with Gasteiger partial charge in [-0.15, -0.1) is 0 Å². The molecule has 2 N–H and O–H groups in total. The molecule has 1 aromatic carbocycles. The SMILES string of the molecule is CC1CNCCN1c1ccc(NI)cc1F. The summed E-state index contributed by atoms with van der Waals surface area (Å²) in [6.45, 7) is 4.78. The average molecular weight is 335 g/mol. The molecular weight excluding hydrogens is 320 g/mol. The molecule has 5 heteroatoms. The summed E-state index contributed by atoms with van der Waals surface area (Å²) in [5, 5.41) is 3.30. The topological polar surface area (TPSA) is 27.3 Å². The molecule has 0 amide bonds. The second-order valence-corrected chi connectivity index (χ2v) is 4.55. The van der Waals surface area contributed by atoms with Gasteiger partial charge in [-0.25, -0.2) is 4.39 Å². The maximum absolute atomic E-state index is 13.9. The summed E-state index contributed by atoms with van der Waals surface area (Å²) in [6.07, 6.45) is 0. The zero-order chi connectivity index (χ0) is 11.5. The van der Waals surface area contributed by atoms with Gasteiger partial charge in [-0.1, -0.05) is 0 Å². The van der Waals surface area contributed by atoms with Crippen molar-refractivity contribution in [2.75, 3.05) is 28.1 Å². The van der Waals surface area contributed by atoms with Gasteiger partial charge in [-0.3, -0.25) is 0 Å². The first-order chi connectivity index (χ1) is 7.72. The third kappa shape index (κ3) is 2.40. The largest absolute Gasteiger partial charge is 0.364 e. The summed E-state index contributed by atoms with van der Waals surface area (Å²) in [5.74, 6) is -0.157. The highest BCUT2D eigenvalue weighted by Gasteiger charge is 2.20. The molecule has 1 atom stereocenters. The fraction of sp³-hybridized carbons (Fsp3) is 0.455. The molecule has 0 aliphatic carbocycles. The smallest absolute Gasteiger partial charge is 0.148 e. The minimum absolute atomic E-state index is 0.157. The third-order valence-corrected chi connectivity index (χ3v) is 3.49. The van der Waals surface area contributed by atoms with E-state index in [1.54, 1.807) is 0 Å². The number of nitrogens with one attached hydrogen (secondary N) is 2. The van der Waals surface area contributed by atoms with E-state index >= 15 is 0 Å². The van der Waals surface area contributed by atoms with Crippen LogP contribution in [0.4, 0.5) is 15.8 Å². The van der Waals surface area contributed by atoms with E-state index in [1.807, 2.05) is 35.0 Å². The predicted octanol–water partition coefficient (Wildman–Crippen LogP) is 2.39. The van der Waals surface area contributed by atoms with Crippen molar-refractivity contribution in [2.45, 2.75) is 13.0 Å². The fourth-order valence-corrected chi connectivity index (χ4v) is 2.33. The van der Waals surface area contributed by atoms with Crippen molar-refractivity contribution in [3.8, 4) is 0 Å². The van der Waals surface area contributed by atoms with E-state index in [0.29, 0.717) is 11.7 Å². The average Bonchev–Trinajstić information content (AvgIpc) is 2.30. The monoisotopic (exact) mass is 335 g/mol. The van der Waals surface area contributed by atoms with Crippen LogP contribution < -0.4 is 13.7 Å². The molecule has 16 heavy (non-hydrogen) atoms. The second kappa shape index (κ2) is 5.18. The van der Waals surface area contributed by atoms with Gasteiger partial charge in [-0.05, 0) is 25.1 Å². The van der Waals surface area contributed by atoms with Crippen LogP contribution in [-0.4, -0.2) is 25.7 Å². The zero-order valence-corrected chi connectivity index (χ0v) is 11.3. The number of hydrogen-bond acceptors (Lipinski definition) is 3. The molecule has 2 rings (SSSR count). The molecule has 1 unspecified atom stereocenters. The maximum Gasteiger partial charge on any atom is 0.148 e. The number of nitrogens with zero attached hydrogens (tertiary/aromatic N) is 1. The van der Waals surface area contributed by atoms with Crippen LogP contribution in [0.2, 0.25) is 0 Å². The van der Waals surface area contributed by atoms with Crippen LogP contribution in [0.1, 0.15) is 6.92 Å². The van der Waals surface area contributed by atoms with Crippen LogP contribution in [0, 0.1) is 5.82 Å². The molecule has 1 saturated heterocycles. The molecular formula is C11H15FIN3. The van der Waals surface area contributed by atoms with Crippen molar-refractivity contribution in [1.82, 2.24) is 5.32 Å². The molecule has 0 radical (unpaired) electrons. The van der Waals surface area contributed by atoms with E-state index in [2.05, 4.69) is 20.7 Å². The highest BCUT2D eigenvalue weighted by Crippen LogP contribution is 2.25. The Morgan fingerprint density at radius 2 is 2.38 bits per heavy atom. The number of rotatable bonds is 2. The molecule has 1 aromatic rings. The molecule has 1 aliphatic heterocycles. The van der Waals surface area contributed by atoms with Gasteiger partial charge in [0.05, 0.1) is 28.6 Å².